The van der Waals surface area contributed by atoms with Crippen molar-refractivity contribution in [1.82, 2.24) is 10.2 Å². The summed E-state index contributed by atoms with van der Waals surface area (Å²) in [5.74, 6) is -3.79. The molecule has 0 spiro atoms. The summed E-state index contributed by atoms with van der Waals surface area (Å²) in [6.07, 6.45) is -0.846. The number of nitrogens with zero attached hydrogens (tertiary/aromatic N) is 1. The van der Waals surface area contributed by atoms with E-state index in [1.165, 1.54) is 0 Å². The minimum atomic E-state index is -1.82. The molecule has 5 N–H and O–H groups in total. The molecule has 0 bridgehead atoms. The molecule has 0 aliphatic rings. The summed E-state index contributed by atoms with van der Waals surface area (Å²) >= 11 is 0. The highest BCUT2D eigenvalue weighted by atomic mass is 16.4. The van der Waals surface area contributed by atoms with E-state index in [-0.39, 0.29) is 31.6 Å². The van der Waals surface area contributed by atoms with Gasteiger partial charge in [0, 0.05) is 6.54 Å². The van der Waals surface area contributed by atoms with E-state index in [2.05, 4.69) is 5.32 Å². The summed E-state index contributed by atoms with van der Waals surface area (Å²) < 4.78 is 0. The van der Waals surface area contributed by atoms with E-state index in [0.717, 1.165) is 11.1 Å². The number of aliphatic hydroxyl groups is 2. The normalized spacial score (nSPS) is 11.4. The molecule has 0 saturated carbocycles. The first-order valence-electron chi connectivity index (χ1n) is 9.07. The zero-order valence-corrected chi connectivity index (χ0v) is 16.5. The molecule has 1 amide bonds. The van der Waals surface area contributed by atoms with Crippen LogP contribution in [-0.4, -0.2) is 76.0 Å². The minimum absolute atomic E-state index is 0.139. The number of rotatable bonds is 8. The summed E-state index contributed by atoms with van der Waals surface area (Å²) in [6.45, 7) is 0.0705. The average Bonchev–Trinajstić information content (AvgIpc) is 2.73. The highest BCUT2D eigenvalue weighted by molar-refractivity contribution is 6.27. The van der Waals surface area contributed by atoms with Crippen molar-refractivity contribution in [3.63, 3.8) is 0 Å². The first-order chi connectivity index (χ1) is 14.2. The Morgan fingerprint density at radius 3 is 1.70 bits per heavy atom. The van der Waals surface area contributed by atoms with Crippen molar-refractivity contribution in [2.75, 3.05) is 26.7 Å². The van der Waals surface area contributed by atoms with Gasteiger partial charge in [0.1, 0.15) is 0 Å². The highest BCUT2D eigenvalue weighted by Crippen LogP contribution is 2.21. The van der Waals surface area contributed by atoms with Gasteiger partial charge in [-0.05, 0) is 18.2 Å². The number of carboxylic acids is 2. The maximum atomic E-state index is 12.4. The van der Waals surface area contributed by atoms with Gasteiger partial charge in [0.15, 0.2) is 0 Å². The Hall–Kier alpha value is -3.27. The third kappa shape index (κ3) is 9.28. The van der Waals surface area contributed by atoms with E-state index in [1.807, 2.05) is 60.7 Å². The minimum Gasteiger partial charge on any atom is -0.473 e. The van der Waals surface area contributed by atoms with E-state index >= 15 is 0 Å². The second-order valence-electron chi connectivity index (χ2n) is 6.47. The largest absolute Gasteiger partial charge is 0.473 e. The van der Waals surface area contributed by atoms with Crippen LogP contribution in [0.25, 0.3) is 0 Å². The smallest absolute Gasteiger partial charge is 0.414 e. The summed E-state index contributed by atoms with van der Waals surface area (Å²) in [4.78, 5) is 32.3. The molecule has 1 atom stereocenters. The molecule has 9 nitrogen and oxygen atoms in total. The summed E-state index contributed by atoms with van der Waals surface area (Å²) in [6, 6.07) is 19.4. The number of carboxylic acid groups (broad SMARTS) is 2. The van der Waals surface area contributed by atoms with Gasteiger partial charge in [-0.1, -0.05) is 60.7 Å². The number of carbonyl (C=O) groups is 3. The molecule has 0 radical (unpaired) electrons. The molecule has 0 saturated heterocycles. The number of carbonyl (C=O) groups excluding carboxylic acids is 1. The fourth-order valence-electron chi connectivity index (χ4n) is 2.58. The monoisotopic (exact) mass is 418 g/mol. The van der Waals surface area contributed by atoms with Gasteiger partial charge in [0.2, 0.25) is 5.91 Å². The van der Waals surface area contributed by atoms with Crippen LogP contribution in [0.3, 0.4) is 0 Å². The van der Waals surface area contributed by atoms with Crippen LogP contribution in [0.15, 0.2) is 60.7 Å². The molecule has 0 fully saturated rings. The summed E-state index contributed by atoms with van der Waals surface area (Å²) in [5, 5.41) is 36.2. The van der Waals surface area contributed by atoms with Gasteiger partial charge in [-0.2, -0.15) is 0 Å². The van der Waals surface area contributed by atoms with Gasteiger partial charge in [0.05, 0.1) is 25.3 Å². The Labute approximate surface area is 174 Å². The van der Waals surface area contributed by atoms with E-state index in [9.17, 15) is 9.90 Å². The highest BCUT2D eigenvalue weighted by Gasteiger charge is 2.18. The van der Waals surface area contributed by atoms with Crippen molar-refractivity contribution in [1.29, 1.82) is 0 Å². The topological polar surface area (TPSA) is 147 Å². The van der Waals surface area contributed by atoms with E-state index in [4.69, 9.17) is 24.9 Å². The van der Waals surface area contributed by atoms with Crippen LogP contribution < -0.4 is 5.32 Å². The van der Waals surface area contributed by atoms with Crippen LogP contribution in [0.2, 0.25) is 0 Å². The molecule has 30 heavy (non-hydrogen) atoms. The van der Waals surface area contributed by atoms with Gasteiger partial charge in [0.25, 0.3) is 0 Å². The van der Waals surface area contributed by atoms with Crippen molar-refractivity contribution < 1.29 is 34.8 Å². The molecule has 0 heterocycles. The molecule has 2 aromatic carbocycles. The van der Waals surface area contributed by atoms with Crippen LogP contribution in [0, 0.1) is 0 Å². The standard InChI is InChI=1S/C19H24N2O3.C2H2O4/c1-21(12-17(23)14-22)13-18(24)20-19(15-8-4-2-5-9-15)16-10-6-3-7-11-16;3-1(4)2(5)6/h2-11,17,19,22-23H,12-14H2,1H3,(H,20,24);(H,3,4)(H,5,6). The number of amides is 1. The fourth-order valence-corrected chi connectivity index (χ4v) is 2.58. The number of aliphatic hydroxyl groups excluding tert-OH is 2. The number of aliphatic carboxylic acids is 2. The van der Waals surface area contributed by atoms with Crippen LogP contribution in [-0.2, 0) is 14.4 Å². The van der Waals surface area contributed by atoms with Crippen molar-refractivity contribution >= 4 is 17.8 Å². The molecule has 2 aromatic rings. The first-order valence-corrected chi connectivity index (χ1v) is 9.07. The Morgan fingerprint density at radius 2 is 1.33 bits per heavy atom. The Bertz CT molecular complexity index is 748. The first kappa shape index (κ1) is 24.8. The quantitative estimate of drug-likeness (QED) is 0.385. The number of nitrogens with one attached hydrogen (secondary N) is 1. The zero-order chi connectivity index (χ0) is 22.5. The predicted molar refractivity (Wildman–Crippen MR) is 109 cm³/mol. The molecule has 0 aromatic heterocycles. The molecule has 0 aliphatic carbocycles. The van der Waals surface area contributed by atoms with Gasteiger partial charge >= 0.3 is 11.9 Å². The lowest BCUT2D eigenvalue weighted by Gasteiger charge is -2.23. The second-order valence-corrected chi connectivity index (χ2v) is 6.47. The number of benzene rings is 2. The van der Waals surface area contributed by atoms with Crippen LogP contribution in [0.5, 0.6) is 0 Å². The van der Waals surface area contributed by atoms with Crippen LogP contribution in [0.1, 0.15) is 17.2 Å². The molecule has 162 valence electrons. The Balaban J connectivity index is 0.000000656. The fraction of sp³-hybridized carbons (Fsp3) is 0.286. The third-order valence-corrected chi connectivity index (χ3v) is 3.90. The zero-order valence-electron chi connectivity index (χ0n) is 16.5. The molecule has 9 heteroatoms. The number of likely N-dealkylation sites (N-methyl/N-ethyl adjacent to an activating group) is 1. The molecular weight excluding hydrogens is 392 g/mol. The lowest BCUT2D eigenvalue weighted by Crippen LogP contribution is -2.40. The predicted octanol–water partition coefficient (Wildman–Crippen LogP) is 0.333. The second kappa shape index (κ2) is 13.0. The molecular formula is C21H26N2O7. The van der Waals surface area contributed by atoms with Crippen molar-refractivity contribution in [3.05, 3.63) is 71.8 Å². The summed E-state index contributed by atoms with van der Waals surface area (Å²) in [5.41, 5.74) is 2.02. The van der Waals surface area contributed by atoms with Gasteiger partial charge in [-0.25, -0.2) is 9.59 Å². The summed E-state index contributed by atoms with van der Waals surface area (Å²) in [7, 11) is 1.73. The van der Waals surface area contributed by atoms with Gasteiger partial charge in [-0.15, -0.1) is 0 Å². The lowest BCUT2D eigenvalue weighted by molar-refractivity contribution is -0.159. The molecule has 2 rings (SSSR count). The van der Waals surface area contributed by atoms with Crippen LogP contribution >= 0.6 is 0 Å². The van der Waals surface area contributed by atoms with Crippen molar-refractivity contribution in [2.45, 2.75) is 12.1 Å². The number of hydrogen-bond donors (Lipinski definition) is 5. The van der Waals surface area contributed by atoms with E-state index in [0.29, 0.717) is 0 Å². The van der Waals surface area contributed by atoms with Gasteiger partial charge in [-0.3, -0.25) is 9.69 Å². The Morgan fingerprint density at radius 1 is 0.900 bits per heavy atom. The van der Waals surface area contributed by atoms with E-state index < -0.39 is 18.0 Å². The maximum absolute atomic E-state index is 12.4. The Kier molecular flexibility index (Phi) is 10.8. The maximum Gasteiger partial charge on any atom is 0.414 e. The molecule has 1 unspecified atom stereocenters. The van der Waals surface area contributed by atoms with Crippen LogP contribution in [0.4, 0.5) is 0 Å². The van der Waals surface area contributed by atoms with Crippen molar-refractivity contribution in [2.24, 2.45) is 0 Å². The molecule has 0 aliphatic heterocycles. The average molecular weight is 418 g/mol. The number of hydrogen-bond acceptors (Lipinski definition) is 6. The third-order valence-electron chi connectivity index (χ3n) is 3.90. The SMILES string of the molecule is CN(CC(=O)NC(c1ccccc1)c1ccccc1)CC(O)CO.O=C(O)C(=O)O. The van der Waals surface area contributed by atoms with Crippen molar-refractivity contribution in [3.8, 4) is 0 Å². The van der Waals surface area contributed by atoms with Gasteiger partial charge < -0.3 is 25.7 Å². The lowest BCUT2D eigenvalue weighted by atomic mass is 9.99. The van der Waals surface area contributed by atoms with E-state index in [1.54, 1.807) is 11.9 Å².